The Balaban J connectivity index is 1.57. The lowest BCUT2D eigenvalue weighted by Gasteiger charge is -2.23. The number of ether oxygens (including phenoxy) is 1. The van der Waals surface area contributed by atoms with Crippen molar-refractivity contribution in [3.8, 4) is 5.75 Å². The molecule has 0 saturated carbocycles. The third-order valence-corrected chi connectivity index (χ3v) is 5.78. The molecule has 1 aliphatic rings. The third kappa shape index (κ3) is 4.33. The average molecular weight is 401 g/mol. The molecular weight excluding hydrogens is 378 g/mol. The molecule has 2 aromatic carbocycles. The molecule has 0 atom stereocenters. The van der Waals surface area contributed by atoms with Gasteiger partial charge in [-0.15, -0.1) is 4.40 Å². The van der Waals surface area contributed by atoms with E-state index in [4.69, 9.17) is 4.74 Å². The number of amidine groups is 1. The Morgan fingerprint density at radius 1 is 1.11 bits per heavy atom. The van der Waals surface area contributed by atoms with Gasteiger partial charge in [0.05, 0.1) is 13.1 Å². The Labute approximate surface area is 165 Å². The summed E-state index contributed by atoms with van der Waals surface area (Å²) >= 11 is 0. The molecule has 1 aliphatic heterocycles. The monoisotopic (exact) mass is 401 g/mol. The van der Waals surface area contributed by atoms with Crippen LogP contribution >= 0.6 is 0 Å². The van der Waals surface area contributed by atoms with Gasteiger partial charge in [-0.2, -0.15) is 8.42 Å². The lowest BCUT2D eigenvalue weighted by Crippen LogP contribution is -2.40. The first-order valence-corrected chi connectivity index (χ1v) is 10.3. The van der Waals surface area contributed by atoms with E-state index < -0.39 is 10.0 Å². The van der Waals surface area contributed by atoms with Crippen LogP contribution in [0.25, 0.3) is 0 Å². The van der Waals surface area contributed by atoms with Gasteiger partial charge in [0.1, 0.15) is 17.3 Å². The zero-order valence-corrected chi connectivity index (χ0v) is 16.9. The zero-order valence-electron chi connectivity index (χ0n) is 16.1. The number of sulfonamides is 1. The maximum absolute atomic E-state index is 12.5. The fourth-order valence-electron chi connectivity index (χ4n) is 2.89. The van der Waals surface area contributed by atoms with E-state index in [1.165, 1.54) is 6.07 Å². The summed E-state index contributed by atoms with van der Waals surface area (Å²) in [6.45, 7) is 2.79. The first kappa shape index (κ1) is 19.9. The van der Waals surface area contributed by atoms with Crippen LogP contribution in [-0.4, -0.2) is 63.8 Å². The molecule has 0 aliphatic carbocycles. The molecule has 0 bridgehead atoms. The molecule has 28 heavy (non-hydrogen) atoms. The van der Waals surface area contributed by atoms with Crippen molar-refractivity contribution in [1.82, 2.24) is 9.80 Å². The fourth-order valence-corrected chi connectivity index (χ4v) is 4.14. The second-order valence-electron chi connectivity index (χ2n) is 6.72. The molecule has 0 spiro atoms. The van der Waals surface area contributed by atoms with Crippen LogP contribution in [0.15, 0.2) is 57.8 Å². The van der Waals surface area contributed by atoms with E-state index >= 15 is 0 Å². The Bertz CT molecular complexity index is 1020. The van der Waals surface area contributed by atoms with Gasteiger partial charge in [-0.05, 0) is 36.8 Å². The molecule has 3 rings (SSSR count). The predicted molar refractivity (Wildman–Crippen MR) is 107 cm³/mol. The summed E-state index contributed by atoms with van der Waals surface area (Å²) in [5.74, 6) is 0.897. The molecule has 0 N–H and O–H groups in total. The number of carbonyl (C=O) groups is 1. The highest BCUT2D eigenvalue weighted by Gasteiger charge is 2.31. The quantitative estimate of drug-likeness (QED) is 0.739. The minimum absolute atomic E-state index is 0.0175. The average Bonchev–Trinajstić information content (AvgIpc) is 2.93. The molecule has 0 radical (unpaired) electrons. The molecule has 7 nitrogen and oxygen atoms in total. The first-order chi connectivity index (χ1) is 13.3. The number of fused-ring (bicyclic) bond motifs is 1. The van der Waals surface area contributed by atoms with Crippen molar-refractivity contribution in [2.75, 3.05) is 33.8 Å². The number of carbonyl (C=O) groups excluding carboxylic acids is 1. The Morgan fingerprint density at radius 3 is 2.61 bits per heavy atom. The SMILES string of the molecule is Cc1cccc(OCCN(C)C(=O)CN(C)C2=NS(=O)(=O)c3ccccc32)c1. The van der Waals surface area contributed by atoms with Crippen molar-refractivity contribution in [1.29, 1.82) is 0 Å². The highest BCUT2D eigenvalue weighted by atomic mass is 32.2. The summed E-state index contributed by atoms with van der Waals surface area (Å²) in [5.41, 5.74) is 1.62. The topological polar surface area (TPSA) is 79.3 Å². The van der Waals surface area contributed by atoms with E-state index in [0.29, 0.717) is 18.7 Å². The molecule has 2 aromatic rings. The van der Waals surface area contributed by atoms with E-state index in [1.54, 1.807) is 42.1 Å². The van der Waals surface area contributed by atoms with Crippen molar-refractivity contribution in [2.45, 2.75) is 11.8 Å². The Morgan fingerprint density at radius 2 is 1.86 bits per heavy atom. The van der Waals surface area contributed by atoms with Gasteiger partial charge in [-0.1, -0.05) is 24.3 Å². The molecule has 0 fully saturated rings. The molecule has 0 aromatic heterocycles. The number of hydrogen-bond acceptors (Lipinski definition) is 5. The van der Waals surface area contributed by atoms with E-state index in [2.05, 4.69) is 4.40 Å². The number of aryl methyl sites for hydroxylation is 1. The van der Waals surface area contributed by atoms with Gasteiger partial charge in [-0.25, -0.2) is 0 Å². The number of nitrogens with zero attached hydrogens (tertiary/aromatic N) is 3. The second-order valence-corrected chi connectivity index (χ2v) is 8.29. The van der Waals surface area contributed by atoms with E-state index in [1.807, 2.05) is 31.2 Å². The lowest BCUT2D eigenvalue weighted by atomic mass is 10.2. The minimum Gasteiger partial charge on any atom is -0.492 e. The van der Waals surface area contributed by atoms with Gasteiger partial charge in [0, 0.05) is 19.7 Å². The highest BCUT2D eigenvalue weighted by molar-refractivity contribution is 7.90. The van der Waals surface area contributed by atoms with Crippen LogP contribution in [0.1, 0.15) is 11.1 Å². The van der Waals surface area contributed by atoms with E-state index in [-0.39, 0.29) is 23.2 Å². The van der Waals surface area contributed by atoms with Gasteiger partial charge in [-0.3, -0.25) is 4.79 Å². The number of benzene rings is 2. The Kier molecular flexibility index (Phi) is 5.69. The number of rotatable bonds is 6. The summed E-state index contributed by atoms with van der Waals surface area (Å²) in [5, 5.41) is 0. The van der Waals surface area contributed by atoms with Gasteiger partial charge < -0.3 is 14.5 Å². The van der Waals surface area contributed by atoms with Crippen LogP contribution in [0.5, 0.6) is 5.75 Å². The molecule has 1 heterocycles. The van der Waals surface area contributed by atoms with Crippen LogP contribution in [0, 0.1) is 6.92 Å². The predicted octanol–water partition coefficient (Wildman–Crippen LogP) is 1.91. The van der Waals surface area contributed by atoms with Crippen LogP contribution in [0.3, 0.4) is 0 Å². The van der Waals surface area contributed by atoms with Crippen LogP contribution in [0.4, 0.5) is 0 Å². The van der Waals surface area contributed by atoms with Gasteiger partial charge in [0.15, 0.2) is 5.84 Å². The van der Waals surface area contributed by atoms with Crippen molar-refractivity contribution < 1.29 is 17.9 Å². The van der Waals surface area contributed by atoms with E-state index in [9.17, 15) is 13.2 Å². The van der Waals surface area contributed by atoms with Crippen molar-refractivity contribution >= 4 is 21.8 Å². The fraction of sp³-hybridized carbons (Fsp3) is 0.300. The molecule has 1 amide bonds. The molecule has 8 heteroatoms. The number of hydrogen-bond donors (Lipinski definition) is 0. The van der Waals surface area contributed by atoms with Gasteiger partial charge >= 0.3 is 0 Å². The maximum atomic E-state index is 12.5. The smallest absolute Gasteiger partial charge is 0.285 e. The van der Waals surface area contributed by atoms with Gasteiger partial charge in [0.25, 0.3) is 10.0 Å². The van der Waals surface area contributed by atoms with E-state index in [0.717, 1.165) is 11.3 Å². The highest BCUT2D eigenvalue weighted by Crippen LogP contribution is 2.26. The van der Waals surface area contributed by atoms with Crippen molar-refractivity contribution in [2.24, 2.45) is 4.40 Å². The summed E-state index contributed by atoms with van der Waals surface area (Å²) in [6, 6.07) is 14.3. The molecule has 0 unspecified atom stereocenters. The Hall–Kier alpha value is -2.87. The van der Waals surface area contributed by atoms with Crippen LogP contribution in [-0.2, 0) is 14.8 Å². The third-order valence-electron chi connectivity index (χ3n) is 4.46. The first-order valence-electron chi connectivity index (χ1n) is 8.87. The molecule has 0 saturated heterocycles. The zero-order chi connectivity index (χ0) is 20.3. The summed E-state index contributed by atoms with van der Waals surface area (Å²) < 4.78 is 33.8. The van der Waals surface area contributed by atoms with Crippen LogP contribution in [0.2, 0.25) is 0 Å². The van der Waals surface area contributed by atoms with Crippen molar-refractivity contribution in [3.63, 3.8) is 0 Å². The second kappa shape index (κ2) is 8.02. The standard InChI is InChI=1S/C20H23N3O4S/c1-15-7-6-8-16(13-15)27-12-11-22(2)19(24)14-23(3)20-17-9-4-5-10-18(17)28(25,26)21-20/h4-10,13H,11-12,14H2,1-3H3. The summed E-state index contributed by atoms with van der Waals surface area (Å²) in [6.07, 6.45) is 0. The largest absolute Gasteiger partial charge is 0.492 e. The maximum Gasteiger partial charge on any atom is 0.285 e. The summed E-state index contributed by atoms with van der Waals surface area (Å²) in [7, 11) is -0.353. The summed E-state index contributed by atoms with van der Waals surface area (Å²) in [4.78, 5) is 15.8. The normalized spacial score (nSPS) is 14.2. The van der Waals surface area contributed by atoms with Crippen LogP contribution < -0.4 is 4.74 Å². The molecule has 148 valence electrons. The minimum atomic E-state index is -3.70. The number of likely N-dealkylation sites (N-methyl/N-ethyl adjacent to an activating group) is 2. The van der Waals surface area contributed by atoms with Crippen molar-refractivity contribution in [3.05, 3.63) is 59.7 Å². The lowest BCUT2D eigenvalue weighted by molar-refractivity contribution is -0.130. The molecular formula is C20H23N3O4S. The number of amides is 1. The van der Waals surface area contributed by atoms with Gasteiger partial charge in [0.2, 0.25) is 5.91 Å².